The van der Waals surface area contributed by atoms with E-state index in [-0.39, 0.29) is 46.8 Å². The number of phenolic OH excluding ortho intramolecular Hbond substituents is 1. The van der Waals surface area contributed by atoms with Gasteiger partial charge in [0.15, 0.2) is 11.6 Å². The van der Waals surface area contributed by atoms with E-state index in [9.17, 15) is 44.4 Å². The molecule has 11 heteroatoms. The van der Waals surface area contributed by atoms with Crippen LogP contribution in [0, 0.1) is 24.7 Å². The van der Waals surface area contributed by atoms with Gasteiger partial charge in [0.25, 0.3) is 0 Å². The Morgan fingerprint density at radius 3 is 2.10 bits per heavy atom. The summed E-state index contributed by atoms with van der Waals surface area (Å²) in [5, 5.41) is 45.4. The average Bonchev–Trinajstić information content (AvgIpc) is 3.07. The van der Waals surface area contributed by atoms with Crippen LogP contribution < -0.4 is 11.1 Å². The Bertz CT molecular complexity index is 1770. The van der Waals surface area contributed by atoms with E-state index in [2.05, 4.69) is 5.32 Å². The number of aromatic hydroxyl groups is 1. The molecule has 0 saturated carbocycles. The van der Waals surface area contributed by atoms with Gasteiger partial charge in [-0.15, -0.1) is 0 Å². The number of aliphatic hydroxyl groups excluding tert-OH is 3. The number of Topliss-reactive ketones (excluding diaryl/α,β-unsaturated/α-hetero) is 4. The van der Waals surface area contributed by atoms with Gasteiger partial charge in [0.05, 0.1) is 29.4 Å². The zero-order valence-electron chi connectivity index (χ0n) is 29.1. The van der Waals surface area contributed by atoms with Gasteiger partial charge in [-0.1, -0.05) is 75.5 Å². The number of hydrogen-bond acceptors (Lipinski definition) is 10. The Morgan fingerprint density at radius 2 is 1.42 bits per heavy atom. The van der Waals surface area contributed by atoms with Crippen LogP contribution in [0.5, 0.6) is 5.75 Å². The largest absolute Gasteiger partial charge is 0.507 e. The molecule has 7 N–H and O–H groups in total. The number of fused-ring (bicyclic) bond motifs is 18. The lowest BCUT2D eigenvalue weighted by atomic mass is 9.82. The first kappa shape index (κ1) is 39.5. The van der Waals surface area contributed by atoms with Crippen LogP contribution in [0.15, 0.2) is 89.4 Å². The summed E-state index contributed by atoms with van der Waals surface area (Å²) >= 11 is 0. The van der Waals surface area contributed by atoms with Crippen LogP contribution in [0.25, 0.3) is 0 Å². The van der Waals surface area contributed by atoms with Gasteiger partial charge in [-0.3, -0.25) is 24.0 Å². The molecule has 11 nitrogen and oxygen atoms in total. The highest BCUT2D eigenvalue weighted by Gasteiger charge is 2.37. The van der Waals surface area contributed by atoms with Gasteiger partial charge >= 0.3 is 0 Å². The van der Waals surface area contributed by atoms with Crippen LogP contribution in [-0.2, 0) is 9.59 Å². The predicted molar refractivity (Wildman–Crippen MR) is 189 cm³/mol. The van der Waals surface area contributed by atoms with E-state index < -0.39 is 76.1 Å². The van der Waals surface area contributed by atoms with E-state index in [0.717, 1.165) is 6.08 Å². The first-order chi connectivity index (χ1) is 23.5. The smallest absolute Gasteiger partial charge is 0.248 e. The second-order valence-electron chi connectivity index (χ2n) is 12.9. The fourth-order valence-electron chi connectivity index (χ4n) is 5.57. The third-order valence-corrected chi connectivity index (χ3v) is 8.87. The maximum atomic E-state index is 13.8. The zero-order valence-corrected chi connectivity index (χ0v) is 29.1. The number of ketones is 4. The summed E-state index contributed by atoms with van der Waals surface area (Å²) in [6, 6.07) is 1.25. The highest BCUT2D eigenvalue weighted by atomic mass is 16.3. The molecule has 2 aliphatic heterocycles. The molecule has 1 aliphatic carbocycles. The number of phenols is 1. The number of nitrogens with two attached hydrogens (primary N) is 1. The second-order valence-corrected chi connectivity index (χ2v) is 12.9. The van der Waals surface area contributed by atoms with Crippen LogP contribution in [0.3, 0.4) is 0 Å². The second kappa shape index (κ2) is 17.1. The van der Waals surface area contributed by atoms with Crippen molar-refractivity contribution in [2.24, 2.45) is 23.5 Å². The molecule has 0 radical (unpaired) electrons. The van der Waals surface area contributed by atoms with Crippen molar-refractivity contribution in [3.05, 3.63) is 112 Å². The average molecular weight is 687 g/mol. The number of benzene rings is 1. The molecule has 50 heavy (non-hydrogen) atoms. The number of carbonyl (C=O) groups excluding carboxylic acids is 5. The van der Waals surface area contributed by atoms with Gasteiger partial charge in [-0.25, -0.2) is 0 Å². The normalized spacial score (nSPS) is 29.3. The van der Waals surface area contributed by atoms with Crippen molar-refractivity contribution in [1.29, 1.82) is 0 Å². The van der Waals surface area contributed by atoms with Gasteiger partial charge in [0.2, 0.25) is 17.5 Å². The van der Waals surface area contributed by atoms with Gasteiger partial charge in [-0.05, 0) is 50.0 Å². The molecule has 1 aromatic carbocycles. The highest BCUT2D eigenvalue weighted by Crippen LogP contribution is 2.36. The number of aryl methyl sites for hydroxylation is 1. The minimum atomic E-state index is -1.01. The van der Waals surface area contributed by atoms with Gasteiger partial charge in [0, 0.05) is 35.8 Å². The van der Waals surface area contributed by atoms with E-state index in [1.54, 1.807) is 58.1 Å². The number of carbonyl (C=O) groups is 5. The summed E-state index contributed by atoms with van der Waals surface area (Å²) in [6.45, 7) is 9.67. The summed E-state index contributed by atoms with van der Waals surface area (Å²) < 4.78 is 0. The molecule has 0 fully saturated rings. The SMILES string of the molecule is CC1=CCC(O)/C=C/C(C)C(O)C(C)C=C(C)C(=O)c2c(O)c(C)cc3c2C(=O)C(N)=C(NC(=O)\C=C/C=C\C=C\C(C)C(O)CC1=O)C3=O. The molecule has 266 valence electrons. The summed E-state index contributed by atoms with van der Waals surface area (Å²) in [6.07, 6.45) is 12.2. The summed E-state index contributed by atoms with van der Waals surface area (Å²) in [7, 11) is 0. The Kier molecular flexibility index (Phi) is 13.5. The van der Waals surface area contributed by atoms with E-state index in [0.29, 0.717) is 5.57 Å². The van der Waals surface area contributed by atoms with Crippen LogP contribution in [0.1, 0.15) is 84.1 Å². The Morgan fingerprint density at radius 1 is 0.760 bits per heavy atom. The topological polar surface area (TPSA) is 204 Å². The molecule has 0 saturated heterocycles. The number of amides is 1. The first-order valence-corrected chi connectivity index (χ1v) is 16.4. The number of aliphatic hydroxyl groups is 3. The summed E-state index contributed by atoms with van der Waals surface area (Å²) in [5.74, 6) is -5.49. The minimum absolute atomic E-state index is 0.0829. The maximum Gasteiger partial charge on any atom is 0.248 e. The molecule has 6 unspecified atom stereocenters. The van der Waals surface area contributed by atoms with Gasteiger partial charge < -0.3 is 31.5 Å². The molecule has 4 rings (SSSR count). The highest BCUT2D eigenvalue weighted by molar-refractivity contribution is 6.31. The Hall–Kier alpha value is -4.97. The molecule has 2 heterocycles. The summed E-state index contributed by atoms with van der Waals surface area (Å²) in [5.41, 5.74) is 4.59. The fraction of sp³-hybridized carbons (Fsp3) is 0.359. The van der Waals surface area contributed by atoms with E-state index in [1.165, 1.54) is 44.2 Å². The van der Waals surface area contributed by atoms with Crippen LogP contribution in [0.2, 0.25) is 0 Å². The first-order valence-electron chi connectivity index (χ1n) is 16.4. The summed E-state index contributed by atoms with van der Waals surface area (Å²) in [4.78, 5) is 66.2. The molecule has 1 amide bonds. The fourth-order valence-corrected chi connectivity index (χ4v) is 5.57. The lowest BCUT2D eigenvalue weighted by Crippen LogP contribution is -2.37. The quantitative estimate of drug-likeness (QED) is 0.216. The van der Waals surface area contributed by atoms with Crippen molar-refractivity contribution in [3.63, 3.8) is 0 Å². The number of hydrogen-bond donors (Lipinski definition) is 6. The third-order valence-electron chi connectivity index (χ3n) is 8.87. The van der Waals surface area contributed by atoms with E-state index in [4.69, 9.17) is 5.73 Å². The van der Waals surface area contributed by atoms with Gasteiger partial charge in [0.1, 0.15) is 17.1 Å². The van der Waals surface area contributed by atoms with Crippen LogP contribution in [0.4, 0.5) is 0 Å². The third kappa shape index (κ3) is 9.38. The van der Waals surface area contributed by atoms with Crippen molar-refractivity contribution < 1.29 is 44.4 Å². The maximum absolute atomic E-state index is 13.8. The molecule has 6 atom stereocenters. The molecular formula is C39H46N2O9. The Balaban J connectivity index is 2.05. The number of allylic oxidation sites excluding steroid dienone is 8. The van der Waals surface area contributed by atoms with Gasteiger partial charge in [-0.2, -0.15) is 0 Å². The number of nitrogens with one attached hydrogen (secondary N) is 1. The van der Waals surface area contributed by atoms with Crippen LogP contribution >= 0.6 is 0 Å². The van der Waals surface area contributed by atoms with Crippen molar-refractivity contribution in [2.75, 3.05) is 0 Å². The monoisotopic (exact) mass is 686 g/mol. The minimum Gasteiger partial charge on any atom is -0.507 e. The van der Waals surface area contributed by atoms with Crippen LogP contribution in [-0.4, -0.2) is 67.8 Å². The van der Waals surface area contributed by atoms with Crippen molar-refractivity contribution in [1.82, 2.24) is 5.32 Å². The van der Waals surface area contributed by atoms with Crippen molar-refractivity contribution in [3.8, 4) is 5.75 Å². The lowest BCUT2D eigenvalue weighted by molar-refractivity contribution is -0.118. The van der Waals surface area contributed by atoms with E-state index >= 15 is 0 Å². The molecule has 3 aliphatic rings. The Labute approximate surface area is 292 Å². The van der Waals surface area contributed by atoms with E-state index in [1.807, 2.05) is 0 Å². The molecule has 0 spiro atoms. The predicted octanol–water partition coefficient (Wildman–Crippen LogP) is 4.02. The molecule has 4 bridgehead atoms. The lowest BCUT2D eigenvalue weighted by Gasteiger charge is -2.23. The van der Waals surface area contributed by atoms with Crippen molar-refractivity contribution >= 4 is 29.0 Å². The zero-order chi connectivity index (χ0) is 37.4. The molecule has 1 aromatic rings. The molecular weight excluding hydrogens is 640 g/mol. The molecule has 0 aromatic heterocycles. The number of rotatable bonds is 0. The standard InChI is InChI=1S/C39H46N2O9/c1-20-11-9-7-8-10-12-30(45)41-34-33(40)39(50)31-27(38(34)49)18-25(6)37(48)32(31)36(47)24(5)17-23(4)35(46)22(3)14-16-26(42)15-13-21(2)29(44)19-28(20)43/h7-14,16-18,20,22-23,26,28,35,42-43,46,48H,15,19,40H2,1-6H3,(H,41,45)/b8-7-,11-9+,12-10-,16-14+,21-13?,24-17?. The van der Waals surface area contributed by atoms with Crippen molar-refractivity contribution in [2.45, 2.75) is 72.7 Å².